The molecule has 20 heavy (non-hydrogen) atoms. The molecule has 0 unspecified atom stereocenters. The zero-order chi connectivity index (χ0) is 14.0. The fraction of sp³-hybridized carbons (Fsp3) is 0.706. The number of thiol groups is 1. The number of aryl methyl sites for hydroxylation is 1. The van der Waals surface area contributed by atoms with E-state index >= 15 is 0 Å². The molecule has 2 aliphatic carbocycles. The van der Waals surface area contributed by atoms with E-state index in [-0.39, 0.29) is 11.0 Å². The fourth-order valence-corrected chi connectivity index (χ4v) is 4.40. The first-order chi connectivity index (χ1) is 9.74. The lowest BCUT2D eigenvalue weighted by Crippen LogP contribution is -2.35. The van der Waals surface area contributed by atoms with E-state index in [4.69, 9.17) is 0 Å². The van der Waals surface area contributed by atoms with Crippen LogP contribution in [0.5, 0.6) is 0 Å². The molecule has 0 atom stereocenters. The van der Waals surface area contributed by atoms with Gasteiger partial charge in [-0.2, -0.15) is 12.6 Å². The second-order valence-corrected chi connectivity index (χ2v) is 6.97. The standard InChI is InChI=1S/C17H25NOS/c19-16-9-8-14-6-5-7-15(14)18(16)12-17(13-20)10-3-1-2-4-11-17/h8-9,20H,1-7,10-13H2. The summed E-state index contributed by atoms with van der Waals surface area (Å²) in [5.41, 5.74) is 3.13. The van der Waals surface area contributed by atoms with Crippen molar-refractivity contribution in [3.63, 3.8) is 0 Å². The molecule has 3 rings (SSSR count). The van der Waals surface area contributed by atoms with Gasteiger partial charge in [-0.15, -0.1) is 0 Å². The monoisotopic (exact) mass is 291 g/mol. The number of nitrogens with zero attached hydrogens (tertiary/aromatic N) is 1. The van der Waals surface area contributed by atoms with Crippen molar-refractivity contribution in [3.05, 3.63) is 33.7 Å². The van der Waals surface area contributed by atoms with Gasteiger partial charge in [-0.05, 0) is 48.8 Å². The summed E-state index contributed by atoms with van der Waals surface area (Å²) < 4.78 is 2.09. The average molecular weight is 291 g/mol. The van der Waals surface area contributed by atoms with Crippen molar-refractivity contribution in [1.29, 1.82) is 0 Å². The molecule has 1 fully saturated rings. The Morgan fingerprint density at radius 1 is 1.05 bits per heavy atom. The minimum Gasteiger partial charge on any atom is -0.312 e. The average Bonchev–Trinajstić information content (AvgIpc) is 2.82. The van der Waals surface area contributed by atoms with Gasteiger partial charge in [0.15, 0.2) is 0 Å². The first kappa shape index (κ1) is 14.2. The maximum absolute atomic E-state index is 12.3. The molecule has 0 N–H and O–H groups in total. The van der Waals surface area contributed by atoms with E-state index in [1.54, 1.807) is 6.07 Å². The van der Waals surface area contributed by atoms with Gasteiger partial charge in [0.25, 0.3) is 5.56 Å². The van der Waals surface area contributed by atoms with Gasteiger partial charge in [0.05, 0.1) is 0 Å². The molecule has 1 aromatic heterocycles. The quantitative estimate of drug-likeness (QED) is 0.667. The van der Waals surface area contributed by atoms with E-state index in [0.717, 1.165) is 25.1 Å². The van der Waals surface area contributed by atoms with E-state index in [0.29, 0.717) is 0 Å². The Morgan fingerprint density at radius 2 is 1.80 bits per heavy atom. The third kappa shape index (κ3) is 2.69. The summed E-state index contributed by atoms with van der Waals surface area (Å²) >= 11 is 4.65. The topological polar surface area (TPSA) is 22.0 Å². The molecular formula is C17H25NOS. The highest BCUT2D eigenvalue weighted by Gasteiger charge is 2.31. The molecule has 1 saturated carbocycles. The smallest absolute Gasteiger partial charge is 0.250 e. The molecule has 110 valence electrons. The molecule has 1 aromatic rings. The zero-order valence-corrected chi connectivity index (χ0v) is 13.1. The Hall–Kier alpha value is -0.700. The molecule has 0 aliphatic heterocycles. The van der Waals surface area contributed by atoms with Gasteiger partial charge in [-0.1, -0.05) is 31.7 Å². The van der Waals surface area contributed by atoms with Crippen molar-refractivity contribution < 1.29 is 0 Å². The summed E-state index contributed by atoms with van der Waals surface area (Å²) in [7, 11) is 0. The summed E-state index contributed by atoms with van der Waals surface area (Å²) in [6, 6.07) is 3.81. The first-order valence-corrected chi connectivity index (χ1v) is 8.70. The van der Waals surface area contributed by atoms with Gasteiger partial charge in [0, 0.05) is 18.3 Å². The predicted octanol–water partition coefficient (Wildman–Crippen LogP) is 3.61. The van der Waals surface area contributed by atoms with Crippen LogP contribution >= 0.6 is 12.6 Å². The highest BCUT2D eigenvalue weighted by atomic mass is 32.1. The first-order valence-electron chi connectivity index (χ1n) is 8.07. The van der Waals surface area contributed by atoms with Crippen molar-refractivity contribution in [2.24, 2.45) is 5.41 Å². The number of rotatable bonds is 3. The SMILES string of the molecule is O=c1ccc2c(n1CC1(CS)CCCCCC1)CCC2. The van der Waals surface area contributed by atoms with Gasteiger partial charge in [-0.25, -0.2) is 0 Å². The highest BCUT2D eigenvalue weighted by Crippen LogP contribution is 2.38. The molecule has 0 saturated heterocycles. The third-order valence-corrected chi connectivity index (χ3v) is 5.91. The second kappa shape index (κ2) is 5.97. The van der Waals surface area contributed by atoms with Gasteiger partial charge < -0.3 is 4.57 Å². The lowest BCUT2D eigenvalue weighted by Gasteiger charge is -2.32. The normalized spacial score (nSPS) is 21.4. The lowest BCUT2D eigenvalue weighted by atomic mass is 9.82. The van der Waals surface area contributed by atoms with Gasteiger partial charge in [0.1, 0.15) is 0 Å². The Bertz CT molecular complexity index is 526. The van der Waals surface area contributed by atoms with Crippen LogP contribution in [0.4, 0.5) is 0 Å². The number of hydrogen-bond acceptors (Lipinski definition) is 2. The number of hydrogen-bond donors (Lipinski definition) is 1. The number of aromatic nitrogens is 1. The Morgan fingerprint density at radius 3 is 2.50 bits per heavy atom. The minimum absolute atomic E-state index is 0.191. The molecule has 3 heteroatoms. The minimum atomic E-state index is 0.191. The number of pyridine rings is 1. The summed E-state index contributed by atoms with van der Waals surface area (Å²) in [6.45, 7) is 0.887. The van der Waals surface area contributed by atoms with Crippen molar-refractivity contribution in [2.75, 3.05) is 5.75 Å². The van der Waals surface area contributed by atoms with Crippen LogP contribution in [0.25, 0.3) is 0 Å². The zero-order valence-electron chi connectivity index (χ0n) is 12.2. The van der Waals surface area contributed by atoms with Crippen molar-refractivity contribution in [2.45, 2.75) is 64.3 Å². The van der Waals surface area contributed by atoms with Crippen LogP contribution in [-0.2, 0) is 19.4 Å². The van der Waals surface area contributed by atoms with Gasteiger partial charge in [0.2, 0.25) is 0 Å². The summed E-state index contributed by atoms with van der Waals surface area (Å²) in [4.78, 5) is 12.3. The molecule has 0 radical (unpaired) electrons. The Kier molecular flexibility index (Phi) is 4.25. The van der Waals surface area contributed by atoms with E-state index in [1.165, 1.54) is 56.2 Å². The van der Waals surface area contributed by atoms with Crippen LogP contribution in [0.1, 0.15) is 56.2 Å². The molecule has 0 aromatic carbocycles. The van der Waals surface area contributed by atoms with Crippen LogP contribution in [0.15, 0.2) is 16.9 Å². The lowest BCUT2D eigenvalue weighted by molar-refractivity contribution is 0.235. The van der Waals surface area contributed by atoms with E-state index < -0.39 is 0 Å². The Balaban J connectivity index is 1.93. The maximum atomic E-state index is 12.3. The van der Waals surface area contributed by atoms with E-state index in [2.05, 4.69) is 17.2 Å². The van der Waals surface area contributed by atoms with Crippen LogP contribution in [0.3, 0.4) is 0 Å². The molecule has 1 heterocycles. The summed E-state index contributed by atoms with van der Waals surface area (Å²) in [5.74, 6) is 0.906. The van der Waals surface area contributed by atoms with Crippen molar-refractivity contribution in [1.82, 2.24) is 4.57 Å². The fourth-order valence-electron chi connectivity index (χ4n) is 3.99. The Labute approximate surface area is 127 Å². The predicted molar refractivity (Wildman–Crippen MR) is 86.7 cm³/mol. The van der Waals surface area contributed by atoms with Crippen molar-refractivity contribution in [3.8, 4) is 0 Å². The summed E-state index contributed by atoms with van der Waals surface area (Å²) in [6.07, 6.45) is 11.2. The van der Waals surface area contributed by atoms with Crippen LogP contribution in [0.2, 0.25) is 0 Å². The van der Waals surface area contributed by atoms with Crippen LogP contribution in [0, 0.1) is 5.41 Å². The van der Waals surface area contributed by atoms with E-state index in [9.17, 15) is 4.79 Å². The highest BCUT2D eigenvalue weighted by molar-refractivity contribution is 7.80. The second-order valence-electron chi connectivity index (χ2n) is 6.66. The largest absolute Gasteiger partial charge is 0.312 e. The maximum Gasteiger partial charge on any atom is 0.250 e. The molecule has 2 aliphatic rings. The third-order valence-electron chi connectivity index (χ3n) is 5.24. The van der Waals surface area contributed by atoms with Gasteiger partial charge in [-0.3, -0.25) is 4.79 Å². The van der Waals surface area contributed by atoms with Crippen molar-refractivity contribution >= 4 is 12.6 Å². The number of fused-ring (bicyclic) bond motifs is 1. The van der Waals surface area contributed by atoms with Crippen LogP contribution in [-0.4, -0.2) is 10.3 Å². The van der Waals surface area contributed by atoms with Gasteiger partial charge >= 0.3 is 0 Å². The molecule has 0 bridgehead atoms. The molecule has 2 nitrogen and oxygen atoms in total. The molecular weight excluding hydrogens is 266 g/mol. The molecule has 0 amide bonds. The van der Waals surface area contributed by atoms with E-state index in [1.807, 2.05) is 6.07 Å². The summed E-state index contributed by atoms with van der Waals surface area (Å²) in [5, 5.41) is 0. The van der Waals surface area contributed by atoms with Crippen LogP contribution < -0.4 is 5.56 Å². The molecule has 0 spiro atoms.